The molecule has 0 fully saturated rings. The van der Waals surface area contributed by atoms with Crippen LogP contribution < -0.4 is 4.74 Å². The van der Waals surface area contributed by atoms with Crippen LogP contribution in [0.3, 0.4) is 0 Å². The molecule has 3 rings (SSSR count). The quantitative estimate of drug-likeness (QED) is 0.732. The van der Waals surface area contributed by atoms with Gasteiger partial charge in [0.1, 0.15) is 11.3 Å². The van der Waals surface area contributed by atoms with Crippen molar-refractivity contribution in [1.29, 1.82) is 0 Å². The highest BCUT2D eigenvalue weighted by Crippen LogP contribution is 2.32. The zero-order valence-electron chi connectivity index (χ0n) is 12.8. The highest BCUT2D eigenvalue weighted by atomic mass is 16.5. The summed E-state index contributed by atoms with van der Waals surface area (Å²) in [5.74, 6) is -0.782. The van der Waals surface area contributed by atoms with Crippen LogP contribution in [-0.4, -0.2) is 28.2 Å². The van der Waals surface area contributed by atoms with E-state index in [-0.39, 0.29) is 0 Å². The fourth-order valence-corrected chi connectivity index (χ4v) is 2.85. The Kier molecular flexibility index (Phi) is 4.28. The van der Waals surface area contributed by atoms with Crippen molar-refractivity contribution in [2.24, 2.45) is 0 Å². The molecular formula is C18H18N2O3. The fourth-order valence-electron chi connectivity index (χ4n) is 2.85. The number of methoxy groups -OCH3 is 1. The van der Waals surface area contributed by atoms with Crippen LogP contribution in [0.25, 0.3) is 11.0 Å². The Morgan fingerprint density at radius 2 is 2.04 bits per heavy atom. The average Bonchev–Trinajstić information content (AvgIpc) is 3.05. The van der Waals surface area contributed by atoms with Crippen LogP contribution in [0.1, 0.15) is 23.5 Å². The lowest BCUT2D eigenvalue weighted by molar-refractivity contribution is -0.138. The maximum atomic E-state index is 11.8. The van der Waals surface area contributed by atoms with Gasteiger partial charge in [0.15, 0.2) is 0 Å². The van der Waals surface area contributed by atoms with E-state index < -0.39 is 11.9 Å². The van der Waals surface area contributed by atoms with Crippen LogP contribution in [0.2, 0.25) is 0 Å². The van der Waals surface area contributed by atoms with Crippen LogP contribution in [0.5, 0.6) is 5.75 Å². The van der Waals surface area contributed by atoms with E-state index in [1.807, 2.05) is 30.3 Å². The number of hydrogen-bond donors (Lipinski definition) is 2. The molecule has 0 aliphatic heterocycles. The molecule has 5 heteroatoms. The summed E-state index contributed by atoms with van der Waals surface area (Å²) in [5.41, 5.74) is 3.23. The molecule has 0 amide bonds. The number of aromatic nitrogens is 2. The molecule has 0 aliphatic carbocycles. The van der Waals surface area contributed by atoms with Crippen LogP contribution in [0, 0.1) is 0 Å². The van der Waals surface area contributed by atoms with Gasteiger partial charge in [0, 0.05) is 0 Å². The number of imidazole rings is 1. The minimum atomic E-state index is -0.838. The Morgan fingerprint density at radius 1 is 1.26 bits per heavy atom. The van der Waals surface area contributed by atoms with E-state index in [2.05, 4.69) is 9.97 Å². The first-order chi connectivity index (χ1) is 11.2. The third-order valence-electron chi connectivity index (χ3n) is 4.03. The summed E-state index contributed by atoms with van der Waals surface area (Å²) >= 11 is 0. The zero-order valence-corrected chi connectivity index (χ0v) is 12.8. The van der Waals surface area contributed by atoms with Crippen LogP contribution in [-0.2, 0) is 11.2 Å². The molecule has 0 bridgehead atoms. The number of carboxylic acid groups (broad SMARTS) is 1. The first kappa shape index (κ1) is 15.1. The number of aromatic amines is 1. The van der Waals surface area contributed by atoms with Crippen molar-refractivity contribution < 1.29 is 14.6 Å². The predicted octanol–water partition coefficient (Wildman–Crippen LogP) is 3.37. The molecule has 23 heavy (non-hydrogen) atoms. The van der Waals surface area contributed by atoms with Gasteiger partial charge >= 0.3 is 5.97 Å². The summed E-state index contributed by atoms with van der Waals surface area (Å²) in [6.45, 7) is 0. The van der Waals surface area contributed by atoms with Crippen LogP contribution in [0.4, 0.5) is 0 Å². The highest BCUT2D eigenvalue weighted by Gasteiger charge is 2.24. The zero-order chi connectivity index (χ0) is 16.2. The van der Waals surface area contributed by atoms with Crippen molar-refractivity contribution in [3.05, 3.63) is 59.9 Å². The first-order valence-corrected chi connectivity index (χ1v) is 7.47. The van der Waals surface area contributed by atoms with Crippen molar-refractivity contribution in [3.63, 3.8) is 0 Å². The average molecular weight is 310 g/mol. The van der Waals surface area contributed by atoms with Gasteiger partial charge in [0.05, 0.1) is 24.9 Å². The monoisotopic (exact) mass is 310 g/mol. The van der Waals surface area contributed by atoms with Gasteiger partial charge in [-0.15, -0.1) is 0 Å². The molecule has 2 aromatic carbocycles. The number of aliphatic carboxylic acids is 1. The topological polar surface area (TPSA) is 75.2 Å². The van der Waals surface area contributed by atoms with Crippen LogP contribution >= 0.6 is 0 Å². The molecule has 5 nitrogen and oxygen atoms in total. The summed E-state index contributed by atoms with van der Waals surface area (Å²) in [4.78, 5) is 19.1. The summed E-state index contributed by atoms with van der Waals surface area (Å²) in [7, 11) is 1.58. The number of rotatable bonds is 6. The van der Waals surface area contributed by atoms with Gasteiger partial charge in [-0.05, 0) is 30.0 Å². The molecule has 0 aliphatic rings. The number of fused-ring (bicyclic) bond motifs is 1. The number of H-pyrrole nitrogens is 1. The summed E-state index contributed by atoms with van der Waals surface area (Å²) in [5, 5.41) is 9.66. The van der Waals surface area contributed by atoms with Gasteiger partial charge in [0.2, 0.25) is 0 Å². The molecule has 0 saturated heterocycles. The summed E-state index contributed by atoms with van der Waals surface area (Å²) in [6.07, 6.45) is 2.79. The van der Waals surface area contributed by atoms with E-state index in [1.165, 1.54) is 0 Å². The van der Waals surface area contributed by atoms with E-state index in [1.54, 1.807) is 25.6 Å². The molecule has 0 spiro atoms. The number of hydrogen-bond acceptors (Lipinski definition) is 3. The van der Waals surface area contributed by atoms with Crippen molar-refractivity contribution in [3.8, 4) is 5.75 Å². The Labute approximate surface area is 133 Å². The summed E-state index contributed by atoms with van der Waals surface area (Å²) < 4.78 is 5.29. The number of carboxylic acids is 1. The van der Waals surface area contributed by atoms with Gasteiger partial charge in [-0.25, -0.2) is 4.98 Å². The minimum Gasteiger partial charge on any atom is -0.494 e. The van der Waals surface area contributed by atoms with Crippen molar-refractivity contribution in [1.82, 2.24) is 9.97 Å². The third kappa shape index (κ3) is 3.04. The fraction of sp³-hybridized carbons (Fsp3) is 0.222. The maximum absolute atomic E-state index is 11.8. The van der Waals surface area contributed by atoms with Gasteiger partial charge < -0.3 is 14.8 Å². The smallest absolute Gasteiger partial charge is 0.311 e. The highest BCUT2D eigenvalue weighted by molar-refractivity contribution is 5.89. The molecule has 1 unspecified atom stereocenters. The predicted molar refractivity (Wildman–Crippen MR) is 87.8 cm³/mol. The molecule has 3 aromatic rings. The Morgan fingerprint density at radius 3 is 2.74 bits per heavy atom. The lowest BCUT2D eigenvalue weighted by atomic mass is 9.91. The van der Waals surface area contributed by atoms with Crippen molar-refractivity contribution in [2.75, 3.05) is 7.11 Å². The van der Waals surface area contributed by atoms with E-state index >= 15 is 0 Å². The minimum absolute atomic E-state index is 0.521. The standard InChI is InChI=1S/C18H18N2O3/c1-23-15-10-9-13(16-17(15)20-11-19-16)14(18(21)22)8-7-12-5-3-2-4-6-12/h2-6,9-11,14H,7-8H2,1H3,(H,19,20)(H,21,22). The van der Waals surface area contributed by atoms with E-state index in [0.717, 1.165) is 11.1 Å². The molecule has 1 aromatic heterocycles. The second-order valence-electron chi connectivity index (χ2n) is 5.40. The molecular weight excluding hydrogens is 292 g/mol. The van der Waals surface area contributed by atoms with Gasteiger partial charge in [-0.1, -0.05) is 36.4 Å². The lowest BCUT2D eigenvalue weighted by Crippen LogP contribution is -2.13. The second kappa shape index (κ2) is 6.52. The Bertz CT molecular complexity index is 812. The van der Waals surface area contributed by atoms with Crippen LogP contribution in [0.15, 0.2) is 48.8 Å². The van der Waals surface area contributed by atoms with Crippen molar-refractivity contribution >= 4 is 17.0 Å². The number of carbonyl (C=O) groups is 1. The molecule has 0 radical (unpaired) electrons. The maximum Gasteiger partial charge on any atom is 0.311 e. The number of nitrogens with zero attached hydrogens (tertiary/aromatic N) is 1. The normalized spacial score (nSPS) is 12.2. The SMILES string of the molecule is COc1ccc(C(CCc2ccccc2)C(=O)O)c2nc[nH]c12. The molecule has 0 saturated carbocycles. The molecule has 1 heterocycles. The number of ether oxygens (including phenoxy) is 1. The summed E-state index contributed by atoms with van der Waals surface area (Å²) in [6, 6.07) is 13.5. The largest absolute Gasteiger partial charge is 0.494 e. The van der Waals surface area contributed by atoms with Crippen molar-refractivity contribution in [2.45, 2.75) is 18.8 Å². The lowest BCUT2D eigenvalue weighted by Gasteiger charge is -2.14. The third-order valence-corrected chi connectivity index (χ3v) is 4.03. The number of benzene rings is 2. The number of nitrogens with one attached hydrogen (secondary N) is 1. The molecule has 118 valence electrons. The Balaban J connectivity index is 1.92. The van der Waals surface area contributed by atoms with E-state index in [0.29, 0.717) is 29.7 Å². The molecule has 1 atom stereocenters. The number of aryl methyl sites for hydroxylation is 1. The van der Waals surface area contributed by atoms with Gasteiger partial charge in [-0.2, -0.15) is 0 Å². The van der Waals surface area contributed by atoms with E-state index in [9.17, 15) is 9.90 Å². The van der Waals surface area contributed by atoms with Gasteiger partial charge in [-0.3, -0.25) is 4.79 Å². The first-order valence-electron chi connectivity index (χ1n) is 7.47. The second-order valence-corrected chi connectivity index (χ2v) is 5.40. The van der Waals surface area contributed by atoms with Gasteiger partial charge in [0.25, 0.3) is 0 Å². The Hall–Kier alpha value is -2.82. The van der Waals surface area contributed by atoms with E-state index in [4.69, 9.17) is 4.74 Å². The molecule has 2 N–H and O–H groups in total.